The van der Waals surface area contributed by atoms with Crippen molar-refractivity contribution >= 4 is 16.1 Å². The third-order valence-electron chi connectivity index (χ3n) is 1.07. The summed E-state index contributed by atoms with van der Waals surface area (Å²) in [5, 5.41) is 0. The Morgan fingerprint density at radius 1 is 1.50 bits per heavy atom. The monoisotopic (exact) mass is 224 g/mol. The van der Waals surface area contributed by atoms with Crippen LogP contribution in [0, 0.1) is 0 Å². The fourth-order valence-electron chi connectivity index (χ4n) is 0.564. The first kappa shape index (κ1) is 13.1. The molecule has 1 N–H and O–H groups in total. The lowest BCUT2D eigenvalue weighted by atomic mass is 10.5. The second-order valence-corrected chi connectivity index (χ2v) is 3.94. The van der Waals surface area contributed by atoms with Crippen LogP contribution in [-0.4, -0.2) is 31.3 Å². The third kappa shape index (κ3) is 9.17. The molecule has 7 heteroatoms. The number of carbonyl (C=O) groups is 1. The minimum absolute atomic E-state index is 0.0575. The molecule has 0 fully saturated rings. The fraction of sp³-hybridized carbons (Fsp3) is 0.571. The van der Waals surface area contributed by atoms with E-state index in [1.54, 1.807) is 6.92 Å². The molecule has 0 aliphatic heterocycles. The SMILES string of the molecule is CC=CC(=O)OOCCCS(=O)(=O)O. The van der Waals surface area contributed by atoms with E-state index in [2.05, 4.69) is 9.78 Å². The Labute approximate surface area is 82.2 Å². The fourth-order valence-corrected chi connectivity index (χ4v) is 1.05. The number of rotatable bonds is 6. The van der Waals surface area contributed by atoms with Crippen LogP contribution in [0.2, 0.25) is 0 Å². The zero-order valence-corrected chi connectivity index (χ0v) is 8.49. The molecule has 0 unspecified atom stereocenters. The predicted molar refractivity (Wildman–Crippen MR) is 47.9 cm³/mol. The van der Waals surface area contributed by atoms with Crippen molar-refractivity contribution in [3.8, 4) is 0 Å². The van der Waals surface area contributed by atoms with E-state index < -0.39 is 21.8 Å². The van der Waals surface area contributed by atoms with Gasteiger partial charge in [0, 0.05) is 6.08 Å². The number of allylic oxidation sites excluding steroid dienone is 1. The molecule has 0 rings (SSSR count). The van der Waals surface area contributed by atoms with Gasteiger partial charge in [0.05, 0.1) is 12.4 Å². The summed E-state index contributed by atoms with van der Waals surface area (Å²) in [6, 6.07) is 0. The summed E-state index contributed by atoms with van der Waals surface area (Å²) in [5.41, 5.74) is 0. The molecule has 0 radical (unpaired) electrons. The van der Waals surface area contributed by atoms with Crippen LogP contribution in [-0.2, 0) is 24.7 Å². The quantitative estimate of drug-likeness (QED) is 0.230. The van der Waals surface area contributed by atoms with E-state index in [1.807, 2.05) is 0 Å². The molecule has 0 bridgehead atoms. The van der Waals surface area contributed by atoms with Gasteiger partial charge in [-0.05, 0) is 13.3 Å². The molecule has 0 aliphatic carbocycles. The summed E-state index contributed by atoms with van der Waals surface area (Å²) in [6.45, 7) is 1.56. The van der Waals surface area contributed by atoms with Crippen LogP contribution >= 0.6 is 0 Å². The average Bonchev–Trinajstić information content (AvgIpc) is 2.02. The van der Waals surface area contributed by atoms with Crippen molar-refractivity contribution in [1.82, 2.24) is 0 Å². The van der Waals surface area contributed by atoms with Crippen LogP contribution < -0.4 is 0 Å². The maximum atomic E-state index is 10.6. The summed E-state index contributed by atoms with van der Waals surface area (Å²) in [5.74, 6) is -1.09. The van der Waals surface area contributed by atoms with Crippen LogP contribution in [0.4, 0.5) is 0 Å². The molecular weight excluding hydrogens is 212 g/mol. The molecule has 14 heavy (non-hydrogen) atoms. The molecule has 0 amide bonds. The predicted octanol–water partition coefficient (Wildman–Crippen LogP) is 0.315. The van der Waals surface area contributed by atoms with Gasteiger partial charge in [0.25, 0.3) is 10.1 Å². The van der Waals surface area contributed by atoms with E-state index in [-0.39, 0.29) is 13.0 Å². The molecule has 0 atom stereocenters. The topological polar surface area (TPSA) is 89.9 Å². The normalized spacial score (nSPS) is 11.9. The first-order chi connectivity index (χ1) is 6.45. The van der Waals surface area contributed by atoms with Crippen LogP contribution in [0.5, 0.6) is 0 Å². The van der Waals surface area contributed by atoms with Gasteiger partial charge in [0.15, 0.2) is 0 Å². The summed E-state index contributed by atoms with van der Waals surface area (Å²) in [6.07, 6.45) is 2.69. The summed E-state index contributed by atoms with van der Waals surface area (Å²) in [4.78, 5) is 19.2. The van der Waals surface area contributed by atoms with Gasteiger partial charge in [0.2, 0.25) is 0 Å². The van der Waals surface area contributed by atoms with Gasteiger partial charge < -0.3 is 0 Å². The van der Waals surface area contributed by atoms with Crippen molar-refractivity contribution in [2.24, 2.45) is 0 Å². The van der Waals surface area contributed by atoms with Crippen molar-refractivity contribution in [1.29, 1.82) is 0 Å². The Kier molecular flexibility index (Phi) is 6.09. The Morgan fingerprint density at radius 3 is 2.64 bits per heavy atom. The van der Waals surface area contributed by atoms with Crippen molar-refractivity contribution in [2.45, 2.75) is 13.3 Å². The highest BCUT2D eigenvalue weighted by molar-refractivity contribution is 7.85. The third-order valence-corrected chi connectivity index (χ3v) is 1.88. The number of hydrogen-bond acceptors (Lipinski definition) is 5. The van der Waals surface area contributed by atoms with E-state index in [4.69, 9.17) is 4.55 Å². The molecule has 0 saturated heterocycles. The maximum absolute atomic E-state index is 10.6. The van der Waals surface area contributed by atoms with E-state index in [9.17, 15) is 13.2 Å². The molecule has 0 aromatic heterocycles. The Balaban J connectivity index is 3.44. The second-order valence-electron chi connectivity index (χ2n) is 2.36. The first-order valence-electron chi connectivity index (χ1n) is 3.87. The van der Waals surface area contributed by atoms with Gasteiger partial charge in [0.1, 0.15) is 0 Å². The molecule has 82 valence electrons. The van der Waals surface area contributed by atoms with Crippen molar-refractivity contribution in [2.75, 3.05) is 12.4 Å². The second kappa shape index (κ2) is 6.52. The van der Waals surface area contributed by atoms with Gasteiger partial charge in [-0.1, -0.05) is 6.08 Å². The van der Waals surface area contributed by atoms with E-state index in [1.165, 1.54) is 6.08 Å². The molecule has 0 aliphatic rings. The largest absolute Gasteiger partial charge is 0.365 e. The summed E-state index contributed by atoms with van der Waals surface area (Å²) in [7, 11) is -3.97. The lowest BCUT2D eigenvalue weighted by Gasteiger charge is -1.99. The number of hydrogen-bond donors (Lipinski definition) is 1. The molecular formula is C7H12O6S. The van der Waals surface area contributed by atoms with Gasteiger partial charge in [-0.15, -0.1) is 0 Å². The minimum Gasteiger partial charge on any atom is -0.294 e. The zero-order chi connectivity index (χ0) is 11.0. The molecule has 0 aromatic carbocycles. The van der Waals surface area contributed by atoms with E-state index in [0.29, 0.717) is 0 Å². The Hall–Kier alpha value is -0.920. The van der Waals surface area contributed by atoms with Crippen molar-refractivity contribution in [3.05, 3.63) is 12.2 Å². The molecule has 0 aromatic rings. The van der Waals surface area contributed by atoms with Gasteiger partial charge in [-0.25, -0.2) is 4.79 Å². The van der Waals surface area contributed by atoms with Crippen molar-refractivity contribution in [3.63, 3.8) is 0 Å². The average molecular weight is 224 g/mol. The molecule has 0 saturated carbocycles. The lowest BCUT2D eigenvalue weighted by molar-refractivity contribution is -0.267. The maximum Gasteiger partial charge on any atom is 0.365 e. The zero-order valence-electron chi connectivity index (χ0n) is 7.67. The van der Waals surface area contributed by atoms with Crippen LogP contribution in [0.1, 0.15) is 13.3 Å². The highest BCUT2D eigenvalue weighted by Gasteiger charge is 2.04. The highest BCUT2D eigenvalue weighted by Crippen LogP contribution is 1.91. The van der Waals surface area contributed by atoms with Gasteiger partial charge >= 0.3 is 5.97 Å². The lowest BCUT2D eigenvalue weighted by Crippen LogP contribution is -2.09. The molecule has 0 heterocycles. The van der Waals surface area contributed by atoms with Crippen LogP contribution in [0.25, 0.3) is 0 Å². The van der Waals surface area contributed by atoms with Gasteiger partial charge in [-0.2, -0.15) is 13.3 Å². The smallest absolute Gasteiger partial charge is 0.294 e. The van der Waals surface area contributed by atoms with E-state index in [0.717, 1.165) is 6.08 Å². The number of carbonyl (C=O) groups excluding carboxylic acids is 1. The first-order valence-corrected chi connectivity index (χ1v) is 5.48. The van der Waals surface area contributed by atoms with Crippen LogP contribution in [0.15, 0.2) is 12.2 Å². The van der Waals surface area contributed by atoms with E-state index >= 15 is 0 Å². The standard InChI is InChI=1S/C7H12O6S/c1-2-4-7(8)13-12-5-3-6-14(9,10)11/h2,4H,3,5-6H2,1H3,(H,9,10,11). The van der Waals surface area contributed by atoms with Gasteiger partial charge in [-0.3, -0.25) is 9.44 Å². The van der Waals surface area contributed by atoms with Crippen molar-refractivity contribution < 1.29 is 27.5 Å². The Bertz CT molecular complexity index is 291. The van der Waals surface area contributed by atoms with Crippen LogP contribution in [0.3, 0.4) is 0 Å². The highest BCUT2D eigenvalue weighted by atomic mass is 32.2. The minimum atomic E-state index is -3.97. The summed E-state index contributed by atoms with van der Waals surface area (Å²) >= 11 is 0. The molecule has 0 spiro atoms. The molecule has 6 nitrogen and oxygen atoms in total. The Morgan fingerprint density at radius 2 is 2.14 bits per heavy atom. The summed E-state index contributed by atoms with van der Waals surface area (Å²) < 4.78 is 28.7.